The summed E-state index contributed by atoms with van der Waals surface area (Å²) in [5.41, 5.74) is 1.08. The topological polar surface area (TPSA) is 109 Å². The molecule has 1 heterocycles. The molecule has 0 aliphatic rings. The summed E-state index contributed by atoms with van der Waals surface area (Å²) in [4.78, 5) is 29.0. The number of carbonyl (C=O) groups is 2. The van der Waals surface area contributed by atoms with Crippen molar-refractivity contribution in [2.75, 3.05) is 27.2 Å². The van der Waals surface area contributed by atoms with Crippen LogP contribution in [-0.4, -0.2) is 59.3 Å². The summed E-state index contributed by atoms with van der Waals surface area (Å²) in [6.07, 6.45) is 1.28. The number of aromatic nitrogens is 1. The van der Waals surface area contributed by atoms with Gasteiger partial charge in [0.2, 0.25) is 0 Å². The van der Waals surface area contributed by atoms with E-state index in [9.17, 15) is 19.8 Å². The van der Waals surface area contributed by atoms with Gasteiger partial charge in [-0.2, -0.15) is 0 Å². The molecule has 0 aliphatic carbocycles. The summed E-state index contributed by atoms with van der Waals surface area (Å²) < 4.78 is 10.0. The zero-order valence-corrected chi connectivity index (χ0v) is 14.2. The average molecular weight is 340 g/mol. The minimum Gasteiger partial charge on any atom is -0.506 e. The molecule has 0 aromatic carbocycles. The minimum absolute atomic E-state index is 0.0590. The van der Waals surface area contributed by atoms with E-state index in [1.165, 1.54) is 6.20 Å². The normalized spacial score (nSPS) is 10.7. The molecule has 0 atom stereocenters. The van der Waals surface area contributed by atoms with Gasteiger partial charge in [-0.1, -0.05) is 0 Å². The predicted octanol–water partition coefficient (Wildman–Crippen LogP) is 0.516. The Balaban J connectivity index is 2.39. The molecule has 8 heteroatoms. The number of aliphatic hydroxyl groups is 1. The predicted molar refractivity (Wildman–Crippen MR) is 85.1 cm³/mol. The monoisotopic (exact) mass is 340 g/mol. The van der Waals surface area contributed by atoms with E-state index in [2.05, 4.69) is 4.98 Å². The third kappa shape index (κ3) is 6.51. The molecular formula is C16H24N2O6. The van der Waals surface area contributed by atoms with Gasteiger partial charge in [0.05, 0.1) is 25.1 Å². The molecule has 0 unspecified atom stereocenters. The van der Waals surface area contributed by atoms with Crippen LogP contribution in [0.15, 0.2) is 6.20 Å². The van der Waals surface area contributed by atoms with E-state index in [-0.39, 0.29) is 44.0 Å². The molecular weight excluding hydrogens is 316 g/mol. The van der Waals surface area contributed by atoms with Crippen LogP contribution in [0.2, 0.25) is 0 Å². The molecule has 0 spiro atoms. The summed E-state index contributed by atoms with van der Waals surface area (Å²) in [5.74, 6) is -1.14. The fourth-order valence-corrected chi connectivity index (χ4v) is 1.83. The van der Waals surface area contributed by atoms with Crippen LogP contribution in [0.3, 0.4) is 0 Å². The summed E-state index contributed by atoms with van der Waals surface area (Å²) in [5, 5.41) is 19.1. The van der Waals surface area contributed by atoms with Gasteiger partial charge in [0.15, 0.2) is 0 Å². The largest absolute Gasteiger partial charge is 0.506 e. The highest BCUT2D eigenvalue weighted by Gasteiger charge is 2.14. The van der Waals surface area contributed by atoms with Crippen molar-refractivity contribution in [3.05, 3.63) is 23.0 Å². The minimum atomic E-state index is -0.566. The number of ether oxygens (including phenoxy) is 2. The number of likely N-dealkylation sites (N-methyl/N-ethyl adjacent to an activating group) is 1. The van der Waals surface area contributed by atoms with E-state index in [0.717, 1.165) is 0 Å². The maximum Gasteiger partial charge on any atom is 0.306 e. The van der Waals surface area contributed by atoms with Crippen molar-refractivity contribution in [3.8, 4) is 5.75 Å². The lowest BCUT2D eigenvalue weighted by Crippen LogP contribution is -2.20. The second-order valence-electron chi connectivity index (χ2n) is 5.54. The number of pyridine rings is 1. The van der Waals surface area contributed by atoms with Crippen molar-refractivity contribution in [1.82, 2.24) is 9.88 Å². The second-order valence-corrected chi connectivity index (χ2v) is 5.54. The molecule has 0 saturated carbocycles. The molecule has 0 aliphatic heterocycles. The van der Waals surface area contributed by atoms with E-state index in [1.807, 2.05) is 19.0 Å². The Morgan fingerprint density at radius 1 is 1.21 bits per heavy atom. The number of aromatic hydroxyl groups is 1. The number of hydrogen-bond donors (Lipinski definition) is 2. The zero-order chi connectivity index (χ0) is 18.1. The number of carbonyl (C=O) groups excluding carboxylic acids is 2. The van der Waals surface area contributed by atoms with Crippen molar-refractivity contribution in [2.24, 2.45) is 0 Å². The SMILES string of the molecule is Cc1ncc(COC(=O)CCC(=O)OCCN(C)C)c(CO)c1O. The van der Waals surface area contributed by atoms with Crippen LogP contribution in [0, 0.1) is 6.92 Å². The molecule has 134 valence electrons. The third-order valence-electron chi connectivity index (χ3n) is 3.31. The van der Waals surface area contributed by atoms with Crippen molar-refractivity contribution < 1.29 is 29.3 Å². The van der Waals surface area contributed by atoms with Crippen LogP contribution in [0.4, 0.5) is 0 Å². The summed E-state index contributed by atoms with van der Waals surface area (Å²) >= 11 is 0. The third-order valence-corrected chi connectivity index (χ3v) is 3.31. The maximum atomic E-state index is 11.7. The Hall–Kier alpha value is -2.19. The number of aryl methyl sites for hydroxylation is 1. The molecule has 0 fully saturated rings. The van der Waals surface area contributed by atoms with Crippen LogP contribution < -0.4 is 0 Å². The molecule has 24 heavy (non-hydrogen) atoms. The van der Waals surface area contributed by atoms with Gasteiger partial charge in [0.25, 0.3) is 0 Å². The molecule has 1 aromatic rings. The Morgan fingerprint density at radius 2 is 1.83 bits per heavy atom. The number of esters is 2. The van der Waals surface area contributed by atoms with Gasteiger partial charge in [0, 0.05) is 23.9 Å². The maximum absolute atomic E-state index is 11.7. The molecule has 2 N–H and O–H groups in total. The van der Waals surface area contributed by atoms with Crippen LogP contribution in [0.5, 0.6) is 5.75 Å². The summed E-state index contributed by atoms with van der Waals surface area (Å²) in [6, 6.07) is 0. The lowest BCUT2D eigenvalue weighted by molar-refractivity contribution is -0.151. The first kappa shape index (κ1) is 19.9. The van der Waals surface area contributed by atoms with Crippen molar-refractivity contribution >= 4 is 11.9 Å². The zero-order valence-electron chi connectivity index (χ0n) is 14.2. The fraction of sp³-hybridized carbons (Fsp3) is 0.562. The van der Waals surface area contributed by atoms with Gasteiger partial charge in [0.1, 0.15) is 19.0 Å². The van der Waals surface area contributed by atoms with Crippen LogP contribution in [-0.2, 0) is 32.3 Å². The first-order chi connectivity index (χ1) is 11.3. The van der Waals surface area contributed by atoms with E-state index in [0.29, 0.717) is 17.8 Å². The standard InChI is InChI=1S/C16H24N2O6/c1-11-16(22)13(9-19)12(8-17-11)10-24-15(21)5-4-14(20)23-7-6-18(2)3/h8,19,22H,4-7,9-10H2,1-3H3. The number of rotatable bonds is 9. The van der Waals surface area contributed by atoms with E-state index in [4.69, 9.17) is 9.47 Å². The summed E-state index contributed by atoms with van der Waals surface area (Å²) in [7, 11) is 3.73. The average Bonchev–Trinajstić information content (AvgIpc) is 2.53. The molecule has 1 aromatic heterocycles. The highest BCUT2D eigenvalue weighted by Crippen LogP contribution is 2.24. The van der Waals surface area contributed by atoms with Gasteiger partial charge in [-0.15, -0.1) is 0 Å². The lowest BCUT2D eigenvalue weighted by Gasteiger charge is -2.11. The fourth-order valence-electron chi connectivity index (χ4n) is 1.83. The first-order valence-electron chi connectivity index (χ1n) is 7.58. The lowest BCUT2D eigenvalue weighted by atomic mass is 10.1. The first-order valence-corrected chi connectivity index (χ1v) is 7.58. The molecule has 0 amide bonds. The van der Waals surface area contributed by atoms with E-state index in [1.54, 1.807) is 6.92 Å². The number of aliphatic hydroxyl groups excluding tert-OH is 1. The molecule has 1 rings (SSSR count). The molecule has 0 saturated heterocycles. The van der Waals surface area contributed by atoms with Gasteiger partial charge < -0.3 is 24.6 Å². The van der Waals surface area contributed by atoms with Crippen LogP contribution >= 0.6 is 0 Å². The van der Waals surface area contributed by atoms with Crippen LogP contribution in [0.1, 0.15) is 29.7 Å². The van der Waals surface area contributed by atoms with Crippen molar-refractivity contribution in [2.45, 2.75) is 33.0 Å². The molecule has 0 radical (unpaired) electrons. The quantitative estimate of drug-likeness (QED) is 0.626. The van der Waals surface area contributed by atoms with E-state index >= 15 is 0 Å². The highest BCUT2D eigenvalue weighted by molar-refractivity contribution is 5.77. The number of nitrogens with zero attached hydrogens (tertiary/aromatic N) is 2. The molecule has 0 bridgehead atoms. The van der Waals surface area contributed by atoms with Gasteiger partial charge >= 0.3 is 11.9 Å². The second kappa shape index (κ2) is 9.84. The highest BCUT2D eigenvalue weighted by atomic mass is 16.5. The van der Waals surface area contributed by atoms with E-state index < -0.39 is 11.9 Å². The van der Waals surface area contributed by atoms with Gasteiger partial charge in [-0.3, -0.25) is 14.6 Å². The number of hydrogen-bond acceptors (Lipinski definition) is 8. The summed E-state index contributed by atoms with van der Waals surface area (Å²) in [6.45, 7) is 1.97. The van der Waals surface area contributed by atoms with Gasteiger partial charge in [-0.25, -0.2) is 0 Å². The smallest absolute Gasteiger partial charge is 0.306 e. The van der Waals surface area contributed by atoms with Gasteiger partial charge in [-0.05, 0) is 21.0 Å². The Bertz CT molecular complexity index is 574. The Labute approximate surface area is 141 Å². The van der Waals surface area contributed by atoms with Crippen molar-refractivity contribution in [3.63, 3.8) is 0 Å². The van der Waals surface area contributed by atoms with Crippen LogP contribution in [0.25, 0.3) is 0 Å². The Morgan fingerprint density at radius 3 is 2.42 bits per heavy atom. The van der Waals surface area contributed by atoms with Crippen molar-refractivity contribution in [1.29, 1.82) is 0 Å². The molecule has 8 nitrogen and oxygen atoms in total. The Kier molecular flexibility index (Phi) is 8.14.